The molecule has 0 saturated carbocycles. The Bertz CT molecular complexity index is 4490. The van der Waals surface area contributed by atoms with Crippen molar-refractivity contribution in [2.75, 3.05) is 0 Å². The Balaban J connectivity index is 1.01. The average molecular weight is 981 g/mol. The number of benzene rings is 12. The van der Waals surface area contributed by atoms with Crippen LogP contribution < -0.4 is 0 Å². The van der Waals surface area contributed by atoms with Crippen LogP contribution in [0.25, 0.3) is 133 Å². The summed E-state index contributed by atoms with van der Waals surface area (Å²) in [6.07, 6.45) is 0. The van der Waals surface area contributed by atoms with Gasteiger partial charge in [-0.3, -0.25) is 0 Å². The molecule has 0 saturated heterocycles. The summed E-state index contributed by atoms with van der Waals surface area (Å²) in [7, 11) is 0. The van der Waals surface area contributed by atoms with Gasteiger partial charge in [-0.05, 0) is 180 Å². The first-order valence-electron chi connectivity index (χ1n) is 26.8. The molecule has 2 heteroatoms. The van der Waals surface area contributed by atoms with Crippen molar-refractivity contribution in [2.24, 2.45) is 0 Å². The van der Waals surface area contributed by atoms with Crippen molar-refractivity contribution in [3.63, 3.8) is 0 Å². The fraction of sp³-hybridized carbons (Fsp3) is 0.0400. The molecular weight excluding hydrogens is 929 g/mol. The lowest BCUT2D eigenvalue weighted by atomic mass is 9.82. The van der Waals surface area contributed by atoms with Crippen LogP contribution in [0.3, 0.4) is 0 Å². The van der Waals surface area contributed by atoms with Crippen molar-refractivity contribution in [3.8, 4) is 89.3 Å². The summed E-state index contributed by atoms with van der Waals surface area (Å²) in [5, 5.41) is 4.89. The minimum atomic E-state index is -0.157. The largest absolute Gasteiger partial charge is 0.309 e. The van der Waals surface area contributed by atoms with Gasteiger partial charge in [0.1, 0.15) is 0 Å². The van der Waals surface area contributed by atoms with Gasteiger partial charge < -0.3 is 9.13 Å². The summed E-state index contributed by atoms with van der Waals surface area (Å²) >= 11 is 0. The van der Waals surface area contributed by atoms with Crippen LogP contribution in [-0.2, 0) is 5.41 Å². The number of hydrogen-bond acceptors (Lipinski definition) is 0. The average Bonchev–Trinajstić information content (AvgIpc) is 4.23. The minimum Gasteiger partial charge on any atom is -0.309 e. The molecule has 14 aromatic rings. The smallest absolute Gasteiger partial charge is 0.0544 e. The number of nitrogens with zero attached hydrogens (tertiary/aromatic N) is 2. The molecule has 0 N–H and O–H groups in total. The van der Waals surface area contributed by atoms with Crippen LogP contribution in [0.2, 0.25) is 0 Å². The molecule has 2 aromatic heterocycles. The highest BCUT2D eigenvalue weighted by Gasteiger charge is 2.36. The zero-order valence-electron chi connectivity index (χ0n) is 43.0. The van der Waals surface area contributed by atoms with Gasteiger partial charge in [-0.1, -0.05) is 202 Å². The normalized spacial score (nSPS) is 12.6. The van der Waals surface area contributed by atoms with Crippen molar-refractivity contribution >= 4 is 43.6 Å². The maximum absolute atomic E-state index is 2.53. The number of aromatic nitrogens is 2. The maximum Gasteiger partial charge on any atom is 0.0544 e. The van der Waals surface area contributed by atoms with Crippen LogP contribution in [0.15, 0.2) is 279 Å². The summed E-state index contributed by atoms with van der Waals surface area (Å²) in [4.78, 5) is 0. The highest BCUT2D eigenvalue weighted by molar-refractivity contribution is 6.15. The summed E-state index contributed by atoms with van der Waals surface area (Å²) in [5.41, 5.74) is 26.5. The molecule has 15 rings (SSSR count). The molecule has 0 radical (unpaired) electrons. The Morgan fingerprint density at radius 2 is 0.584 bits per heavy atom. The standard InChI is InChI=1S/C75H52N2/c1-75(2)69-31-19-18-30-63(69)64-47-68-66-44-54(49-20-8-3-9-21-49)32-35-71(66)76(74(68)48-70(64)75)61-34-37-73-67(46-61)65-45-55(58-39-56(50-22-10-4-11-23-50)38-57(40-58)51-24-12-5-13-25-51)33-36-72(65)77(73)62-42-59(52-26-14-6-15-27-52)41-60(43-62)53-28-16-7-17-29-53/h3-48H,1-2H3. The molecule has 0 aliphatic heterocycles. The number of fused-ring (bicyclic) bond motifs is 9. The summed E-state index contributed by atoms with van der Waals surface area (Å²) in [6, 6.07) is 103. The van der Waals surface area contributed by atoms with E-state index >= 15 is 0 Å². The molecule has 0 spiro atoms. The molecule has 362 valence electrons. The van der Waals surface area contributed by atoms with Crippen LogP contribution in [0.5, 0.6) is 0 Å². The van der Waals surface area contributed by atoms with Crippen LogP contribution in [-0.4, -0.2) is 9.13 Å². The highest BCUT2D eigenvalue weighted by atomic mass is 15.0. The molecule has 0 unspecified atom stereocenters. The molecule has 77 heavy (non-hydrogen) atoms. The quantitative estimate of drug-likeness (QED) is 0.144. The van der Waals surface area contributed by atoms with Crippen molar-refractivity contribution in [1.82, 2.24) is 9.13 Å². The molecule has 0 atom stereocenters. The first kappa shape index (κ1) is 44.7. The molecule has 0 amide bonds. The Hall–Kier alpha value is -9.76. The number of rotatable bonds is 8. The van der Waals surface area contributed by atoms with Gasteiger partial charge in [0.05, 0.1) is 22.1 Å². The molecule has 2 nitrogen and oxygen atoms in total. The van der Waals surface area contributed by atoms with Gasteiger partial charge >= 0.3 is 0 Å². The van der Waals surface area contributed by atoms with E-state index in [0.29, 0.717) is 0 Å². The van der Waals surface area contributed by atoms with Crippen LogP contribution in [0.1, 0.15) is 25.0 Å². The van der Waals surface area contributed by atoms with E-state index in [9.17, 15) is 0 Å². The lowest BCUT2D eigenvalue weighted by Crippen LogP contribution is -2.14. The lowest BCUT2D eigenvalue weighted by molar-refractivity contribution is 0.661. The van der Waals surface area contributed by atoms with E-state index in [1.54, 1.807) is 0 Å². The molecule has 2 heterocycles. The van der Waals surface area contributed by atoms with Crippen molar-refractivity contribution in [2.45, 2.75) is 19.3 Å². The van der Waals surface area contributed by atoms with E-state index in [1.165, 1.54) is 122 Å². The second-order valence-corrected chi connectivity index (χ2v) is 21.3. The summed E-state index contributed by atoms with van der Waals surface area (Å²) < 4.78 is 5.03. The van der Waals surface area contributed by atoms with Crippen LogP contribution >= 0.6 is 0 Å². The minimum absolute atomic E-state index is 0.157. The fourth-order valence-electron chi connectivity index (χ4n) is 12.6. The fourth-order valence-corrected chi connectivity index (χ4v) is 12.6. The van der Waals surface area contributed by atoms with Crippen LogP contribution in [0.4, 0.5) is 0 Å². The van der Waals surface area contributed by atoms with Gasteiger partial charge in [-0.25, -0.2) is 0 Å². The molecular formula is C75H52N2. The van der Waals surface area contributed by atoms with Crippen molar-refractivity contribution in [1.29, 1.82) is 0 Å². The van der Waals surface area contributed by atoms with Gasteiger partial charge in [0.2, 0.25) is 0 Å². The second kappa shape index (κ2) is 17.7. The third-order valence-corrected chi connectivity index (χ3v) is 16.5. The molecule has 12 aromatic carbocycles. The zero-order chi connectivity index (χ0) is 51.2. The Morgan fingerprint density at radius 1 is 0.221 bits per heavy atom. The van der Waals surface area contributed by atoms with Crippen LogP contribution in [0, 0.1) is 0 Å². The summed E-state index contributed by atoms with van der Waals surface area (Å²) in [5.74, 6) is 0. The molecule has 0 bridgehead atoms. The monoisotopic (exact) mass is 980 g/mol. The Labute approximate surface area is 449 Å². The van der Waals surface area contributed by atoms with E-state index < -0.39 is 0 Å². The van der Waals surface area contributed by atoms with Gasteiger partial charge in [0.15, 0.2) is 0 Å². The van der Waals surface area contributed by atoms with E-state index in [0.717, 1.165) is 22.4 Å². The molecule has 0 fully saturated rings. The van der Waals surface area contributed by atoms with Crippen molar-refractivity contribution < 1.29 is 0 Å². The predicted molar refractivity (Wildman–Crippen MR) is 325 cm³/mol. The molecule has 1 aliphatic rings. The SMILES string of the molecule is CC1(C)c2ccccc2-c2cc3c4cc(-c5ccccc5)ccc4n(-c4ccc5c(c4)c4cc(-c6cc(-c7ccccc7)cc(-c7ccccc7)c6)ccc4n5-c4cc(-c5ccccc5)cc(-c5ccccc5)c4)c3cc21. The number of hydrogen-bond donors (Lipinski definition) is 0. The van der Waals surface area contributed by atoms with Gasteiger partial charge in [-0.15, -0.1) is 0 Å². The summed E-state index contributed by atoms with van der Waals surface area (Å²) in [6.45, 7) is 4.77. The Morgan fingerprint density at radius 3 is 1.08 bits per heavy atom. The van der Waals surface area contributed by atoms with E-state index in [2.05, 4.69) is 302 Å². The van der Waals surface area contributed by atoms with Gasteiger partial charge in [0, 0.05) is 38.3 Å². The van der Waals surface area contributed by atoms with Crippen molar-refractivity contribution in [3.05, 3.63) is 290 Å². The first-order valence-corrected chi connectivity index (χ1v) is 26.8. The molecule has 1 aliphatic carbocycles. The van der Waals surface area contributed by atoms with Gasteiger partial charge in [-0.2, -0.15) is 0 Å². The first-order chi connectivity index (χ1) is 37.9. The van der Waals surface area contributed by atoms with E-state index in [1.807, 2.05) is 0 Å². The predicted octanol–water partition coefficient (Wildman–Crippen LogP) is 20.2. The maximum atomic E-state index is 2.53. The second-order valence-electron chi connectivity index (χ2n) is 21.3. The highest BCUT2D eigenvalue weighted by Crippen LogP contribution is 2.51. The third kappa shape index (κ3) is 7.40. The topological polar surface area (TPSA) is 9.86 Å². The van der Waals surface area contributed by atoms with E-state index in [-0.39, 0.29) is 5.41 Å². The Kier molecular flexibility index (Phi) is 10.3. The van der Waals surface area contributed by atoms with Gasteiger partial charge in [0.25, 0.3) is 0 Å². The lowest BCUT2D eigenvalue weighted by Gasteiger charge is -2.21. The zero-order valence-corrected chi connectivity index (χ0v) is 43.0. The van der Waals surface area contributed by atoms with E-state index in [4.69, 9.17) is 0 Å². The third-order valence-electron chi connectivity index (χ3n) is 16.5.